The Morgan fingerprint density at radius 1 is 0.250 bits per heavy atom. The van der Waals surface area contributed by atoms with Gasteiger partial charge in [0.1, 0.15) is 0 Å². The van der Waals surface area contributed by atoms with Crippen molar-refractivity contribution >= 4 is 53.9 Å². The molecule has 10 rings (SSSR count). The molecule has 0 N–H and O–H groups in total. The van der Waals surface area contributed by atoms with Crippen molar-refractivity contribution in [2.75, 3.05) is 0 Å². The molecule has 318 valence electrons. The first-order valence-corrected chi connectivity index (χ1v) is 23.3. The lowest BCUT2D eigenvalue weighted by atomic mass is 9.79. The second-order valence-electron chi connectivity index (χ2n) is 22.7. The first kappa shape index (κ1) is 41.8. The quantitative estimate of drug-likeness (QED) is 0.122. The molecule has 0 unspecified atom stereocenters. The molecule has 64 heavy (non-hydrogen) atoms. The van der Waals surface area contributed by atoms with Crippen molar-refractivity contribution in [3.63, 3.8) is 0 Å². The van der Waals surface area contributed by atoms with Crippen LogP contribution in [0.3, 0.4) is 0 Å². The SMILES string of the molecule is CC(C)(C)c1ccc(-c2ccc3c(-c4ccc5ccc6c(C(C)(C)C)ccc7ccc4c5c76)c4ccc(-c5ccc(C(C)(C)C)cc5)cc4c(-c4ccc(C(C)(C)C)cc4)c3c2)cc1. The number of fused-ring (bicyclic) bond motifs is 2. The summed E-state index contributed by atoms with van der Waals surface area (Å²) in [5.41, 5.74) is 15.7. The van der Waals surface area contributed by atoms with Crippen LogP contribution in [0.1, 0.15) is 105 Å². The molecular weight excluding hydrogens is 769 g/mol. The molecule has 0 radical (unpaired) electrons. The lowest BCUT2D eigenvalue weighted by molar-refractivity contribution is 0.590. The van der Waals surface area contributed by atoms with E-state index in [4.69, 9.17) is 0 Å². The predicted molar refractivity (Wildman–Crippen MR) is 282 cm³/mol. The minimum Gasteiger partial charge on any atom is -0.0579 e. The molecule has 0 aliphatic heterocycles. The monoisotopic (exact) mass is 830 g/mol. The highest BCUT2D eigenvalue weighted by Gasteiger charge is 2.24. The van der Waals surface area contributed by atoms with Crippen LogP contribution < -0.4 is 0 Å². The maximum absolute atomic E-state index is 2.48. The lowest BCUT2D eigenvalue weighted by Crippen LogP contribution is -2.11. The van der Waals surface area contributed by atoms with E-state index in [1.54, 1.807) is 0 Å². The minimum atomic E-state index is 0.0218. The summed E-state index contributed by atoms with van der Waals surface area (Å²) in [7, 11) is 0. The molecule has 10 aromatic rings. The molecule has 0 saturated carbocycles. The molecule has 0 bridgehead atoms. The van der Waals surface area contributed by atoms with Gasteiger partial charge in [-0.25, -0.2) is 0 Å². The highest BCUT2D eigenvalue weighted by molar-refractivity contribution is 6.30. The summed E-state index contributed by atoms with van der Waals surface area (Å²) < 4.78 is 0. The fourth-order valence-electron chi connectivity index (χ4n) is 10.3. The Bertz CT molecular complexity index is 3280. The Labute approximate surface area is 381 Å². The summed E-state index contributed by atoms with van der Waals surface area (Å²) in [4.78, 5) is 0. The number of rotatable bonds is 4. The van der Waals surface area contributed by atoms with Gasteiger partial charge >= 0.3 is 0 Å². The van der Waals surface area contributed by atoms with Crippen LogP contribution in [0.4, 0.5) is 0 Å². The first-order valence-electron chi connectivity index (χ1n) is 23.3. The average molecular weight is 831 g/mol. The molecular formula is C64H62. The normalized spacial score (nSPS) is 13.0. The highest BCUT2D eigenvalue weighted by Crippen LogP contribution is 2.50. The summed E-state index contributed by atoms with van der Waals surface area (Å²) in [6.45, 7) is 27.6. The smallest absolute Gasteiger partial charge is 0.00201 e. The third-order valence-corrected chi connectivity index (χ3v) is 14.1. The zero-order chi connectivity index (χ0) is 45.1. The largest absolute Gasteiger partial charge is 0.0579 e. The van der Waals surface area contributed by atoms with E-state index in [0.717, 1.165) is 0 Å². The number of hydrogen-bond acceptors (Lipinski definition) is 0. The van der Waals surface area contributed by atoms with Gasteiger partial charge in [-0.2, -0.15) is 0 Å². The van der Waals surface area contributed by atoms with Gasteiger partial charge in [-0.3, -0.25) is 0 Å². The molecule has 10 aromatic carbocycles. The Morgan fingerprint density at radius 3 is 1.05 bits per heavy atom. The van der Waals surface area contributed by atoms with E-state index in [-0.39, 0.29) is 21.7 Å². The molecule has 0 fully saturated rings. The van der Waals surface area contributed by atoms with Crippen LogP contribution in [-0.2, 0) is 21.7 Å². The maximum Gasteiger partial charge on any atom is -0.00201 e. The van der Waals surface area contributed by atoms with Crippen molar-refractivity contribution in [2.24, 2.45) is 0 Å². The Hall–Kier alpha value is -6.24. The Morgan fingerprint density at radius 2 is 0.609 bits per heavy atom. The van der Waals surface area contributed by atoms with Crippen LogP contribution in [-0.4, -0.2) is 0 Å². The summed E-state index contributed by atoms with van der Waals surface area (Å²) >= 11 is 0. The van der Waals surface area contributed by atoms with E-state index in [1.165, 1.54) is 121 Å². The Balaban J connectivity index is 1.33. The summed E-state index contributed by atoms with van der Waals surface area (Å²) in [5.74, 6) is 0. The van der Waals surface area contributed by atoms with Crippen molar-refractivity contribution < 1.29 is 0 Å². The van der Waals surface area contributed by atoms with Crippen molar-refractivity contribution in [3.05, 3.63) is 180 Å². The van der Waals surface area contributed by atoms with E-state index >= 15 is 0 Å². The highest BCUT2D eigenvalue weighted by atomic mass is 14.3. The van der Waals surface area contributed by atoms with Crippen LogP contribution >= 0.6 is 0 Å². The van der Waals surface area contributed by atoms with Crippen LogP contribution in [0, 0.1) is 0 Å². The molecule has 0 aliphatic rings. The molecule has 0 saturated heterocycles. The van der Waals surface area contributed by atoms with Crippen LogP contribution in [0.2, 0.25) is 0 Å². The topological polar surface area (TPSA) is 0 Å². The van der Waals surface area contributed by atoms with Crippen LogP contribution in [0.5, 0.6) is 0 Å². The molecule has 0 amide bonds. The molecule has 0 aromatic heterocycles. The van der Waals surface area contributed by atoms with Crippen molar-refractivity contribution in [2.45, 2.75) is 105 Å². The van der Waals surface area contributed by atoms with Gasteiger partial charge < -0.3 is 0 Å². The van der Waals surface area contributed by atoms with Gasteiger partial charge in [0.15, 0.2) is 0 Å². The summed E-state index contributed by atoms with van der Waals surface area (Å²) in [6.07, 6.45) is 0. The number of benzene rings is 10. The van der Waals surface area contributed by atoms with Gasteiger partial charge in [-0.1, -0.05) is 229 Å². The fraction of sp³-hybridized carbons (Fsp3) is 0.250. The summed E-state index contributed by atoms with van der Waals surface area (Å²) in [5, 5.41) is 13.0. The zero-order valence-electron chi connectivity index (χ0n) is 40.0. The van der Waals surface area contributed by atoms with Crippen molar-refractivity contribution in [1.29, 1.82) is 0 Å². The second kappa shape index (κ2) is 14.6. The van der Waals surface area contributed by atoms with E-state index in [2.05, 4.69) is 241 Å². The molecule has 0 heterocycles. The van der Waals surface area contributed by atoms with Crippen LogP contribution in [0.25, 0.3) is 98.4 Å². The average Bonchev–Trinajstić information content (AvgIpc) is 3.26. The molecule has 0 heteroatoms. The van der Waals surface area contributed by atoms with Gasteiger partial charge in [-0.15, -0.1) is 0 Å². The lowest BCUT2D eigenvalue weighted by Gasteiger charge is -2.24. The molecule has 0 aliphatic carbocycles. The van der Waals surface area contributed by atoms with Gasteiger partial charge in [0.05, 0.1) is 0 Å². The number of hydrogen-bond donors (Lipinski definition) is 0. The van der Waals surface area contributed by atoms with Gasteiger partial charge in [0.25, 0.3) is 0 Å². The molecule has 0 nitrogen and oxygen atoms in total. The standard InChI is InChI=1S/C64H62/c1-61(2,3)46-25-13-39(14-26-46)44-22-33-51-54(37-44)57(41-17-29-48(30-18-41)63(7,8)9)55-38-45(40-15-27-47(28-16-40)62(4,5)6)23-34-52(55)60(51)50-32-20-42-21-35-53-56(64(10,11)12)36-24-43-19-31-49(50)58(42)59(43)53/h13-38H,1-12H3. The first-order chi connectivity index (χ1) is 30.3. The maximum atomic E-state index is 2.48. The van der Waals surface area contributed by atoms with Crippen molar-refractivity contribution in [3.8, 4) is 44.5 Å². The van der Waals surface area contributed by atoms with E-state index in [1.807, 2.05) is 0 Å². The fourth-order valence-corrected chi connectivity index (χ4v) is 10.3. The van der Waals surface area contributed by atoms with E-state index < -0.39 is 0 Å². The van der Waals surface area contributed by atoms with Gasteiger partial charge in [-0.05, 0) is 154 Å². The second-order valence-corrected chi connectivity index (χ2v) is 22.7. The predicted octanol–water partition coefficient (Wildman–Crippen LogP) is 18.7. The van der Waals surface area contributed by atoms with E-state index in [0.29, 0.717) is 0 Å². The zero-order valence-corrected chi connectivity index (χ0v) is 40.0. The Kier molecular flexibility index (Phi) is 9.56. The van der Waals surface area contributed by atoms with Crippen LogP contribution in [0.15, 0.2) is 158 Å². The third-order valence-electron chi connectivity index (χ3n) is 14.1. The van der Waals surface area contributed by atoms with Gasteiger partial charge in [0, 0.05) is 0 Å². The van der Waals surface area contributed by atoms with Gasteiger partial charge in [0.2, 0.25) is 0 Å². The summed E-state index contributed by atoms with van der Waals surface area (Å²) in [6, 6.07) is 61.3. The van der Waals surface area contributed by atoms with E-state index in [9.17, 15) is 0 Å². The minimum absolute atomic E-state index is 0.0218. The third kappa shape index (κ3) is 7.07. The molecule has 0 atom stereocenters. The van der Waals surface area contributed by atoms with Crippen molar-refractivity contribution in [1.82, 2.24) is 0 Å². The molecule has 0 spiro atoms.